The molecule has 304 valence electrons. The zero-order valence-corrected chi connectivity index (χ0v) is 34.3. The van der Waals surface area contributed by atoms with Crippen molar-refractivity contribution in [2.45, 2.75) is 97.8 Å². The second-order valence-corrected chi connectivity index (χ2v) is 16.7. The second kappa shape index (κ2) is 18.5. The van der Waals surface area contributed by atoms with Crippen molar-refractivity contribution in [3.8, 4) is 22.4 Å². The van der Waals surface area contributed by atoms with Crippen LogP contribution in [-0.4, -0.2) is 89.5 Å². The van der Waals surface area contributed by atoms with Crippen LogP contribution in [0.1, 0.15) is 83.2 Å². The van der Waals surface area contributed by atoms with Gasteiger partial charge < -0.3 is 24.8 Å². The van der Waals surface area contributed by atoms with E-state index >= 15 is 0 Å². The Morgan fingerprint density at radius 1 is 1.05 bits per heavy atom. The molecular weight excluding hydrogens is 719 g/mol. The Labute approximate surface area is 336 Å². The molecule has 0 saturated carbocycles. The molecule has 2 aromatic carbocycles. The minimum absolute atomic E-state index is 0.150. The number of nitrogens with one attached hydrogen (secondary N) is 3. The zero-order chi connectivity index (χ0) is 40.7. The number of hydrogen-bond acceptors (Lipinski definition) is 8. The van der Waals surface area contributed by atoms with E-state index < -0.39 is 12.1 Å². The quantitative estimate of drug-likeness (QED) is 0.114. The number of aryl methyl sites for hydroxylation is 1. The van der Waals surface area contributed by atoms with Gasteiger partial charge >= 0.3 is 0 Å². The van der Waals surface area contributed by atoms with Gasteiger partial charge in [0.2, 0.25) is 12.3 Å². The monoisotopic (exact) mass is 777 g/mol. The van der Waals surface area contributed by atoms with Crippen molar-refractivity contribution >= 4 is 35.6 Å². The van der Waals surface area contributed by atoms with Crippen molar-refractivity contribution in [3.63, 3.8) is 0 Å². The van der Waals surface area contributed by atoms with Gasteiger partial charge in [0.15, 0.2) is 0 Å². The molecule has 3 N–H and O–H groups in total. The summed E-state index contributed by atoms with van der Waals surface area (Å²) in [5, 5.41) is 9.43. The average molecular weight is 778 g/mol. The number of carbonyl (C=O) groups is 4. The van der Waals surface area contributed by atoms with Crippen molar-refractivity contribution < 1.29 is 23.9 Å². The number of aromatic nitrogens is 2. The highest BCUT2D eigenvalue weighted by molar-refractivity contribution is 5.95. The van der Waals surface area contributed by atoms with Crippen LogP contribution in [0.4, 0.5) is 0 Å². The summed E-state index contributed by atoms with van der Waals surface area (Å²) in [6, 6.07) is 17.6. The van der Waals surface area contributed by atoms with Gasteiger partial charge in [-0.3, -0.25) is 29.2 Å². The molecule has 2 fully saturated rings. The molecule has 6 rings (SSSR count). The molecule has 12 heteroatoms. The van der Waals surface area contributed by atoms with E-state index in [4.69, 9.17) is 9.72 Å². The van der Waals surface area contributed by atoms with Gasteiger partial charge in [-0.25, -0.2) is 5.43 Å². The van der Waals surface area contributed by atoms with Crippen LogP contribution in [0.3, 0.4) is 0 Å². The lowest BCUT2D eigenvalue weighted by molar-refractivity contribution is -0.142. The van der Waals surface area contributed by atoms with Crippen LogP contribution in [0, 0.1) is 11.3 Å². The van der Waals surface area contributed by atoms with Gasteiger partial charge in [-0.2, -0.15) is 0 Å². The predicted octanol–water partition coefficient (Wildman–Crippen LogP) is 5.82. The van der Waals surface area contributed by atoms with Crippen molar-refractivity contribution in [3.05, 3.63) is 77.6 Å². The SMILES string of the molecule is CCn1c(-c2cccnc2C2CCCN2)c(CC(C)(C)COC=O)c2cc(-c3cccc(CC(NC(=O)C(C(C)C)N(C)C=O)C(=O)N4CCCCN4)c3)ccc21. The second-order valence-electron chi connectivity index (χ2n) is 16.7. The molecular formula is C45H59N7O5. The van der Waals surface area contributed by atoms with Crippen LogP contribution < -0.4 is 16.1 Å². The third-order valence-electron chi connectivity index (χ3n) is 11.4. The van der Waals surface area contributed by atoms with Gasteiger partial charge in [0.05, 0.1) is 24.0 Å². The molecule has 2 aliphatic rings. The molecule has 0 bridgehead atoms. The number of rotatable bonds is 17. The summed E-state index contributed by atoms with van der Waals surface area (Å²) in [6.45, 7) is 14.0. The summed E-state index contributed by atoms with van der Waals surface area (Å²) in [6.07, 6.45) is 7.47. The predicted molar refractivity (Wildman–Crippen MR) is 223 cm³/mol. The first kappa shape index (κ1) is 41.6. The van der Waals surface area contributed by atoms with Gasteiger partial charge in [-0.05, 0) is 98.0 Å². The highest BCUT2D eigenvalue weighted by Crippen LogP contribution is 2.42. The summed E-state index contributed by atoms with van der Waals surface area (Å²) in [4.78, 5) is 57.0. The van der Waals surface area contributed by atoms with E-state index in [2.05, 4.69) is 77.8 Å². The summed E-state index contributed by atoms with van der Waals surface area (Å²) in [5.41, 5.74) is 11.4. The number of benzene rings is 2. The van der Waals surface area contributed by atoms with Crippen molar-refractivity contribution in [1.82, 2.24) is 35.5 Å². The first-order chi connectivity index (χ1) is 27.5. The lowest BCUT2D eigenvalue weighted by Crippen LogP contribution is -2.58. The number of amides is 3. The molecule has 2 aromatic heterocycles. The lowest BCUT2D eigenvalue weighted by Gasteiger charge is -2.33. The van der Waals surface area contributed by atoms with Crippen LogP contribution in [0.15, 0.2) is 60.8 Å². The largest absolute Gasteiger partial charge is 0.467 e. The number of nitrogens with zero attached hydrogens (tertiary/aromatic N) is 4. The number of ether oxygens (including phenoxy) is 1. The summed E-state index contributed by atoms with van der Waals surface area (Å²) < 4.78 is 7.73. The molecule has 3 amide bonds. The van der Waals surface area contributed by atoms with E-state index in [1.807, 2.05) is 38.2 Å². The first-order valence-corrected chi connectivity index (χ1v) is 20.5. The standard InChI is InChI=1S/C45H59N7O5/c1-7-51-39-18-17-33(25-35(39)36(26-45(4,5)27-57-29-54)42(51)34-15-11-20-47-40(34)37-16-12-19-46-37)32-14-10-13-31(23-32)24-38(44(56)52-22-9-8-21-48-52)49-43(55)41(30(2)3)50(6)28-53/h10-11,13-15,17-18,20,23,25,28-30,37-38,41,46,48H,7-9,12,16,19,21-22,24,26-27H2,1-6H3,(H,49,55). The van der Waals surface area contributed by atoms with E-state index in [0.29, 0.717) is 32.4 Å². The molecule has 3 unspecified atom stereocenters. The zero-order valence-electron chi connectivity index (χ0n) is 34.3. The van der Waals surface area contributed by atoms with E-state index in [1.54, 1.807) is 12.1 Å². The van der Waals surface area contributed by atoms with Gasteiger partial charge in [0.1, 0.15) is 12.1 Å². The summed E-state index contributed by atoms with van der Waals surface area (Å²) >= 11 is 0. The maximum atomic E-state index is 14.0. The van der Waals surface area contributed by atoms with Crippen molar-refractivity contribution in [1.29, 1.82) is 0 Å². The van der Waals surface area contributed by atoms with Crippen LogP contribution in [0.25, 0.3) is 33.3 Å². The minimum Gasteiger partial charge on any atom is -0.467 e. The van der Waals surface area contributed by atoms with Crippen LogP contribution >= 0.6 is 0 Å². The molecule has 4 aromatic rings. The maximum absolute atomic E-state index is 14.0. The van der Waals surface area contributed by atoms with Crippen molar-refractivity contribution in [2.75, 3.05) is 33.3 Å². The Morgan fingerprint density at radius 2 is 1.86 bits per heavy atom. The number of pyridine rings is 1. The average Bonchev–Trinajstić information content (AvgIpc) is 3.86. The minimum atomic E-state index is -0.839. The third-order valence-corrected chi connectivity index (χ3v) is 11.4. The maximum Gasteiger partial charge on any atom is 0.293 e. The molecule has 2 aliphatic heterocycles. The van der Waals surface area contributed by atoms with E-state index in [9.17, 15) is 19.2 Å². The Kier molecular flexibility index (Phi) is 13.5. The fraction of sp³-hybridized carbons (Fsp3) is 0.489. The number of hydrogen-bond donors (Lipinski definition) is 3. The van der Waals surface area contributed by atoms with Gasteiger partial charge in [0.25, 0.3) is 12.4 Å². The molecule has 12 nitrogen and oxygen atoms in total. The molecule has 4 heterocycles. The van der Waals surface area contributed by atoms with Gasteiger partial charge in [0, 0.05) is 61.2 Å². The van der Waals surface area contributed by atoms with E-state index in [1.165, 1.54) is 10.5 Å². The molecule has 57 heavy (non-hydrogen) atoms. The third kappa shape index (κ3) is 9.39. The number of fused-ring (bicyclic) bond motifs is 1. The normalized spacial score (nSPS) is 17.0. The number of likely N-dealkylation sites (N-methyl/N-ethyl adjacent to an activating group) is 1. The Morgan fingerprint density at radius 3 is 2.54 bits per heavy atom. The number of carbonyl (C=O) groups excluding carboxylic acids is 4. The van der Waals surface area contributed by atoms with Gasteiger partial charge in [-0.1, -0.05) is 58.0 Å². The Hall–Kier alpha value is -5.07. The van der Waals surface area contributed by atoms with Crippen LogP contribution in [0.2, 0.25) is 0 Å². The molecule has 0 aliphatic carbocycles. The lowest BCUT2D eigenvalue weighted by atomic mass is 9.84. The highest BCUT2D eigenvalue weighted by Gasteiger charge is 2.33. The van der Waals surface area contributed by atoms with E-state index in [0.717, 1.165) is 83.3 Å². The smallest absolute Gasteiger partial charge is 0.293 e. The van der Waals surface area contributed by atoms with Crippen LogP contribution in [-0.2, 0) is 43.3 Å². The Balaban J connectivity index is 1.41. The van der Waals surface area contributed by atoms with Crippen molar-refractivity contribution in [2.24, 2.45) is 11.3 Å². The molecule has 0 spiro atoms. The molecule has 2 saturated heterocycles. The summed E-state index contributed by atoms with van der Waals surface area (Å²) in [7, 11) is 1.59. The summed E-state index contributed by atoms with van der Waals surface area (Å²) in [5.74, 6) is -0.710. The molecule has 0 radical (unpaired) electrons. The molecule has 3 atom stereocenters. The fourth-order valence-electron chi connectivity index (χ4n) is 8.68. The highest BCUT2D eigenvalue weighted by atomic mass is 16.5. The fourth-order valence-corrected chi connectivity index (χ4v) is 8.68. The van der Waals surface area contributed by atoms with Crippen LogP contribution in [0.5, 0.6) is 0 Å². The van der Waals surface area contributed by atoms with E-state index in [-0.39, 0.29) is 42.2 Å². The topological polar surface area (TPSA) is 138 Å². The first-order valence-electron chi connectivity index (χ1n) is 20.5. The number of hydrazine groups is 1. The Bertz CT molecular complexity index is 2050. The van der Waals surface area contributed by atoms with Gasteiger partial charge in [-0.15, -0.1) is 0 Å².